The Morgan fingerprint density at radius 1 is 1.35 bits per heavy atom. The summed E-state index contributed by atoms with van der Waals surface area (Å²) in [6, 6.07) is 9.57. The zero-order valence-corrected chi connectivity index (χ0v) is 11.7. The van der Waals surface area contributed by atoms with Crippen molar-refractivity contribution in [2.24, 2.45) is 0 Å². The second-order valence-corrected chi connectivity index (χ2v) is 5.11. The first kappa shape index (κ1) is 14.3. The molecule has 0 N–H and O–H groups in total. The molecule has 0 bridgehead atoms. The van der Waals surface area contributed by atoms with E-state index in [0.717, 1.165) is 24.3 Å². The molecule has 0 aliphatic rings. The van der Waals surface area contributed by atoms with Gasteiger partial charge in [-0.1, -0.05) is 37.3 Å². The third kappa shape index (κ3) is 4.17. The Hall–Kier alpha value is -0.800. The van der Waals surface area contributed by atoms with Crippen LogP contribution in [-0.2, 0) is 0 Å². The molecule has 0 spiro atoms. The van der Waals surface area contributed by atoms with Gasteiger partial charge in [0.05, 0.1) is 6.04 Å². The fraction of sp³-hybridized carbons (Fsp3) is 0.500. The fourth-order valence-electron chi connectivity index (χ4n) is 1.88. The van der Waals surface area contributed by atoms with Gasteiger partial charge in [-0.15, -0.1) is 0 Å². The van der Waals surface area contributed by atoms with Gasteiger partial charge in [0.2, 0.25) is 0 Å². The molecule has 0 fully saturated rings. The molecule has 1 rings (SSSR count). The van der Waals surface area contributed by atoms with Crippen LogP contribution in [0.15, 0.2) is 30.3 Å². The van der Waals surface area contributed by atoms with Crippen molar-refractivity contribution in [2.45, 2.75) is 19.4 Å². The summed E-state index contributed by atoms with van der Waals surface area (Å²) in [7, 11) is 2.03. The highest BCUT2D eigenvalue weighted by Crippen LogP contribution is 2.11. The zero-order chi connectivity index (χ0) is 12.7. The summed E-state index contributed by atoms with van der Waals surface area (Å²) in [5.41, 5.74) is 0.815. The van der Waals surface area contributed by atoms with E-state index < -0.39 is 0 Å². The number of carbonyl (C=O) groups excluding carboxylic acids is 1. The molecule has 0 saturated heterocycles. The van der Waals surface area contributed by atoms with Crippen molar-refractivity contribution in [2.75, 3.05) is 25.6 Å². The summed E-state index contributed by atoms with van der Waals surface area (Å²) >= 11 is 1.81. The Morgan fingerprint density at radius 3 is 2.53 bits per heavy atom. The Kier molecular flexibility index (Phi) is 6.30. The molecular formula is C14H21NOS. The predicted octanol–water partition coefficient (Wildman–Crippen LogP) is 2.94. The first-order valence-corrected chi connectivity index (χ1v) is 7.38. The van der Waals surface area contributed by atoms with Crippen molar-refractivity contribution in [1.82, 2.24) is 4.90 Å². The minimum atomic E-state index is 0.00421. The second-order valence-electron chi connectivity index (χ2n) is 4.13. The van der Waals surface area contributed by atoms with Crippen molar-refractivity contribution in [3.63, 3.8) is 0 Å². The third-order valence-electron chi connectivity index (χ3n) is 2.93. The van der Waals surface area contributed by atoms with Crippen LogP contribution in [0.2, 0.25) is 0 Å². The topological polar surface area (TPSA) is 20.3 Å². The maximum absolute atomic E-state index is 12.3. The summed E-state index contributed by atoms with van der Waals surface area (Å²) in [5.74, 6) is 1.30. The third-order valence-corrected chi connectivity index (χ3v) is 3.52. The first-order chi connectivity index (χ1) is 8.20. The molecule has 0 aliphatic carbocycles. The van der Waals surface area contributed by atoms with Crippen LogP contribution >= 0.6 is 11.8 Å². The maximum atomic E-state index is 12.3. The maximum Gasteiger partial charge on any atom is 0.179 e. The summed E-state index contributed by atoms with van der Waals surface area (Å²) < 4.78 is 0. The molecule has 17 heavy (non-hydrogen) atoms. The number of thioether (sulfide) groups is 1. The Morgan fingerprint density at radius 2 is 2.00 bits per heavy atom. The van der Waals surface area contributed by atoms with Gasteiger partial charge in [0.15, 0.2) is 5.78 Å². The van der Waals surface area contributed by atoms with Gasteiger partial charge < -0.3 is 0 Å². The Labute approximate surface area is 108 Å². The van der Waals surface area contributed by atoms with E-state index >= 15 is 0 Å². The molecule has 94 valence electrons. The number of ketones is 1. The molecule has 0 heterocycles. The zero-order valence-electron chi connectivity index (χ0n) is 10.8. The number of carbonyl (C=O) groups is 1. The lowest BCUT2D eigenvalue weighted by Gasteiger charge is -2.25. The average molecular weight is 251 g/mol. The number of hydrogen-bond donors (Lipinski definition) is 0. The summed E-state index contributed by atoms with van der Waals surface area (Å²) in [6.07, 6.45) is 2.95. The second kappa shape index (κ2) is 7.51. The lowest BCUT2D eigenvalue weighted by molar-refractivity contribution is 0.0853. The highest BCUT2D eigenvalue weighted by molar-refractivity contribution is 7.98. The molecule has 1 aromatic carbocycles. The van der Waals surface area contributed by atoms with E-state index in [-0.39, 0.29) is 11.8 Å². The van der Waals surface area contributed by atoms with Gasteiger partial charge in [-0.2, -0.15) is 11.8 Å². The molecule has 0 radical (unpaired) electrons. The molecule has 0 amide bonds. The van der Waals surface area contributed by atoms with Crippen LogP contribution in [0.5, 0.6) is 0 Å². The lowest BCUT2D eigenvalue weighted by atomic mass is 10.0. The van der Waals surface area contributed by atoms with E-state index in [2.05, 4.69) is 18.1 Å². The highest BCUT2D eigenvalue weighted by atomic mass is 32.2. The normalized spacial score (nSPS) is 12.7. The number of benzene rings is 1. The quantitative estimate of drug-likeness (QED) is 0.695. The molecule has 0 saturated carbocycles. The van der Waals surface area contributed by atoms with Gasteiger partial charge in [-0.3, -0.25) is 9.69 Å². The minimum absolute atomic E-state index is 0.00421. The number of Topliss-reactive ketones (excluding diaryl/α,β-unsaturated/α-hetero) is 1. The Balaban J connectivity index is 2.70. The van der Waals surface area contributed by atoms with Gasteiger partial charge in [0.25, 0.3) is 0 Å². The minimum Gasteiger partial charge on any atom is -0.296 e. The van der Waals surface area contributed by atoms with Gasteiger partial charge in [0, 0.05) is 17.9 Å². The van der Waals surface area contributed by atoms with E-state index in [1.807, 2.05) is 49.1 Å². The monoisotopic (exact) mass is 251 g/mol. The van der Waals surface area contributed by atoms with Crippen LogP contribution in [0.3, 0.4) is 0 Å². The molecular weight excluding hydrogens is 230 g/mol. The summed E-state index contributed by atoms with van der Waals surface area (Å²) in [4.78, 5) is 14.5. The van der Waals surface area contributed by atoms with Crippen molar-refractivity contribution in [3.05, 3.63) is 35.9 Å². The van der Waals surface area contributed by atoms with E-state index in [1.165, 1.54) is 0 Å². The van der Waals surface area contributed by atoms with Gasteiger partial charge in [0.1, 0.15) is 0 Å². The van der Waals surface area contributed by atoms with E-state index in [4.69, 9.17) is 0 Å². The van der Waals surface area contributed by atoms with E-state index in [9.17, 15) is 4.79 Å². The van der Waals surface area contributed by atoms with Crippen LogP contribution in [-0.4, -0.2) is 42.3 Å². The molecule has 1 aromatic rings. The van der Waals surface area contributed by atoms with Crippen molar-refractivity contribution >= 4 is 17.5 Å². The predicted molar refractivity (Wildman–Crippen MR) is 75.9 cm³/mol. The smallest absolute Gasteiger partial charge is 0.179 e. The lowest BCUT2D eigenvalue weighted by Crippen LogP contribution is -2.39. The van der Waals surface area contributed by atoms with E-state index in [0.29, 0.717) is 0 Å². The number of likely N-dealkylation sites (N-methyl/N-ethyl adjacent to an activating group) is 1. The number of rotatable bonds is 7. The molecule has 1 unspecified atom stereocenters. The SMILES string of the molecule is CCC(C(=O)c1ccccc1)N(C)CCSC. The largest absolute Gasteiger partial charge is 0.296 e. The van der Waals surface area contributed by atoms with Gasteiger partial charge in [-0.25, -0.2) is 0 Å². The standard InChI is InChI=1S/C14H21NOS/c1-4-13(15(2)10-11-17-3)14(16)12-8-6-5-7-9-12/h5-9,13H,4,10-11H2,1-3H3. The molecule has 0 aliphatic heterocycles. The summed E-state index contributed by atoms with van der Waals surface area (Å²) in [5, 5.41) is 0. The van der Waals surface area contributed by atoms with Crippen LogP contribution in [0.1, 0.15) is 23.7 Å². The van der Waals surface area contributed by atoms with Crippen molar-refractivity contribution < 1.29 is 4.79 Å². The van der Waals surface area contributed by atoms with Crippen LogP contribution in [0, 0.1) is 0 Å². The summed E-state index contributed by atoms with van der Waals surface area (Å²) in [6.45, 7) is 3.03. The average Bonchev–Trinajstić information content (AvgIpc) is 2.38. The van der Waals surface area contributed by atoms with Crippen LogP contribution < -0.4 is 0 Å². The van der Waals surface area contributed by atoms with Crippen molar-refractivity contribution in [1.29, 1.82) is 0 Å². The van der Waals surface area contributed by atoms with Gasteiger partial charge in [-0.05, 0) is 19.7 Å². The van der Waals surface area contributed by atoms with Crippen molar-refractivity contribution in [3.8, 4) is 0 Å². The van der Waals surface area contributed by atoms with Crippen LogP contribution in [0.25, 0.3) is 0 Å². The number of nitrogens with zero attached hydrogens (tertiary/aromatic N) is 1. The van der Waals surface area contributed by atoms with E-state index in [1.54, 1.807) is 0 Å². The molecule has 0 aromatic heterocycles. The van der Waals surface area contributed by atoms with Gasteiger partial charge >= 0.3 is 0 Å². The Bertz CT molecular complexity index is 339. The first-order valence-electron chi connectivity index (χ1n) is 5.99. The molecule has 1 atom stereocenters. The fourth-order valence-corrected chi connectivity index (χ4v) is 2.35. The number of hydrogen-bond acceptors (Lipinski definition) is 3. The molecule has 3 heteroatoms. The highest BCUT2D eigenvalue weighted by Gasteiger charge is 2.21. The molecule has 2 nitrogen and oxygen atoms in total. The van der Waals surface area contributed by atoms with Crippen LogP contribution in [0.4, 0.5) is 0 Å².